The van der Waals surface area contributed by atoms with Crippen molar-refractivity contribution in [3.05, 3.63) is 51.7 Å². The van der Waals surface area contributed by atoms with Crippen LogP contribution < -0.4 is 15.0 Å². The fourth-order valence-corrected chi connectivity index (χ4v) is 3.59. The molecule has 2 N–H and O–H groups in total. The van der Waals surface area contributed by atoms with Crippen LogP contribution in [0.25, 0.3) is 0 Å². The molecule has 0 radical (unpaired) electrons. The van der Waals surface area contributed by atoms with E-state index in [2.05, 4.69) is 14.9 Å². The van der Waals surface area contributed by atoms with Crippen LogP contribution in [0, 0.1) is 0 Å². The normalized spacial score (nSPS) is 15.6. The van der Waals surface area contributed by atoms with E-state index in [0.29, 0.717) is 19.5 Å². The van der Waals surface area contributed by atoms with Crippen molar-refractivity contribution >= 4 is 0 Å². The molecule has 158 valence electrons. The third kappa shape index (κ3) is 5.79. The largest absolute Gasteiger partial charge is 0.497 e. The van der Waals surface area contributed by atoms with Crippen molar-refractivity contribution < 1.29 is 14.6 Å². The quantitative estimate of drug-likeness (QED) is 0.671. The third-order valence-corrected chi connectivity index (χ3v) is 5.05. The Labute approximate surface area is 171 Å². The van der Waals surface area contributed by atoms with Gasteiger partial charge < -0.3 is 24.5 Å². The lowest BCUT2D eigenvalue weighted by Gasteiger charge is -2.23. The monoisotopic (exact) mass is 402 g/mol. The van der Waals surface area contributed by atoms with E-state index in [1.54, 1.807) is 7.11 Å². The van der Waals surface area contributed by atoms with Crippen molar-refractivity contribution in [2.75, 3.05) is 47.4 Å². The van der Waals surface area contributed by atoms with Gasteiger partial charge in [-0.25, -0.2) is 4.98 Å². The summed E-state index contributed by atoms with van der Waals surface area (Å²) in [5.41, 5.74) is 2.61. The van der Waals surface area contributed by atoms with Crippen molar-refractivity contribution in [3.63, 3.8) is 0 Å². The highest BCUT2D eigenvalue weighted by Crippen LogP contribution is 2.26. The Bertz CT molecular complexity index is 868. The zero-order valence-corrected chi connectivity index (χ0v) is 17.4. The summed E-state index contributed by atoms with van der Waals surface area (Å²) in [4.78, 5) is 23.3. The average Bonchev–Trinajstić information content (AvgIpc) is 2.90. The zero-order chi connectivity index (χ0) is 20.8. The molecule has 8 nitrogen and oxygen atoms in total. The molecule has 1 aromatic heterocycles. The van der Waals surface area contributed by atoms with E-state index in [1.165, 1.54) is 6.33 Å². The Morgan fingerprint density at radius 1 is 1.31 bits per heavy atom. The molecule has 0 saturated carbocycles. The van der Waals surface area contributed by atoms with Crippen LogP contribution in [-0.2, 0) is 19.4 Å². The number of aromatic amines is 1. The summed E-state index contributed by atoms with van der Waals surface area (Å²) < 4.78 is 11.3. The first-order chi connectivity index (χ1) is 14.0. The molecular formula is C21H30N4O4. The molecule has 2 aromatic rings. The summed E-state index contributed by atoms with van der Waals surface area (Å²) in [6, 6.07) is 5.71. The Hall–Kier alpha value is -2.42. The van der Waals surface area contributed by atoms with Crippen LogP contribution in [0.2, 0.25) is 0 Å². The molecule has 1 aliphatic rings. The SMILES string of the molecule is COc1ccc(OC[C@@H](O)CN(C)C)c(CN2CCc3nc[nH]c(=O)c3CC2)c1. The Balaban J connectivity index is 1.70. The minimum Gasteiger partial charge on any atom is -0.497 e. The number of rotatable bonds is 8. The number of fused-ring (bicyclic) bond motifs is 1. The first kappa shape index (κ1) is 21.3. The topological polar surface area (TPSA) is 90.9 Å². The zero-order valence-electron chi connectivity index (χ0n) is 17.4. The highest BCUT2D eigenvalue weighted by Gasteiger charge is 2.19. The lowest BCUT2D eigenvalue weighted by Crippen LogP contribution is -2.31. The Morgan fingerprint density at radius 3 is 2.86 bits per heavy atom. The van der Waals surface area contributed by atoms with Crippen LogP contribution in [0.4, 0.5) is 0 Å². The van der Waals surface area contributed by atoms with E-state index >= 15 is 0 Å². The van der Waals surface area contributed by atoms with Crippen LogP contribution in [0.1, 0.15) is 16.8 Å². The van der Waals surface area contributed by atoms with Crippen molar-refractivity contribution in [1.29, 1.82) is 0 Å². The molecule has 0 unspecified atom stereocenters. The summed E-state index contributed by atoms with van der Waals surface area (Å²) in [5.74, 6) is 1.50. The maximum atomic E-state index is 12.1. The number of benzene rings is 1. The van der Waals surface area contributed by atoms with Crippen molar-refractivity contribution in [1.82, 2.24) is 19.8 Å². The van der Waals surface area contributed by atoms with Crippen LogP contribution in [0.5, 0.6) is 11.5 Å². The van der Waals surface area contributed by atoms with Crippen LogP contribution >= 0.6 is 0 Å². The smallest absolute Gasteiger partial charge is 0.254 e. The van der Waals surface area contributed by atoms with E-state index in [4.69, 9.17) is 9.47 Å². The number of likely N-dealkylation sites (N-methyl/N-ethyl adjacent to an activating group) is 1. The van der Waals surface area contributed by atoms with Gasteiger partial charge in [0, 0.05) is 43.7 Å². The molecular weight excluding hydrogens is 372 g/mol. The van der Waals surface area contributed by atoms with Crippen LogP contribution in [0.15, 0.2) is 29.3 Å². The minimum atomic E-state index is -0.564. The second-order valence-electron chi connectivity index (χ2n) is 7.63. The predicted octanol–water partition coefficient (Wildman–Crippen LogP) is 0.681. The summed E-state index contributed by atoms with van der Waals surface area (Å²) in [6.45, 7) is 3.01. The molecule has 0 fully saturated rings. The Kier molecular flexibility index (Phi) is 7.24. The molecule has 1 atom stereocenters. The summed E-state index contributed by atoms with van der Waals surface area (Å²) >= 11 is 0. The highest BCUT2D eigenvalue weighted by molar-refractivity contribution is 5.40. The molecule has 0 aliphatic carbocycles. The summed E-state index contributed by atoms with van der Waals surface area (Å²) in [5, 5.41) is 10.1. The molecule has 3 rings (SSSR count). The number of aromatic nitrogens is 2. The highest BCUT2D eigenvalue weighted by atomic mass is 16.5. The van der Waals surface area contributed by atoms with E-state index in [1.807, 2.05) is 37.2 Å². The number of nitrogens with zero attached hydrogens (tertiary/aromatic N) is 3. The van der Waals surface area contributed by atoms with Gasteiger partial charge in [0.2, 0.25) is 0 Å². The third-order valence-electron chi connectivity index (χ3n) is 5.05. The van der Waals surface area contributed by atoms with Gasteiger partial charge in [0.25, 0.3) is 5.56 Å². The number of nitrogens with one attached hydrogen (secondary N) is 1. The van der Waals surface area contributed by atoms with Gasteiger partial charge in [0.15, 0.2) is 0 Å². The molecule has 0 spiro atoms. The number of H-pyrrole nitrogens is 1. The predicted molar refractivity (Wildman–Crippen MR) is 111 cm³/mol. The van der Waals surface area contributed by atoms with Gasteiger partial charge in [-0.2, -0.15) is 0 Å². The minimum absolute atomic E-state index is 0.0443. The van der Waals surface area contributed by atoms with Gasteiger partial charge in [-0.15, -0.1) is 0 Å². The van der Waals surface area contributed by atoms with E-state index in [0.717, 1.165) is 47.8 Å². The number of ether oxygens (including phenoxy) is 2. The Morgan fingerprint density at radius 2 is 2.10 bits per heavy atom. The lowest BCUT2D eigenvalue weighted by molar-refractivity contribution is 0.0822. The molecule has 8 heteroatoms. The van der Waals surface area contributed by atoms with Crippen LogP contribution in [0.3, 0.4) is 0 Å². The second-order valence-corrected chi connectivity index (χ2v) is 7.63. The molecule has 0 saturated heterocycles. The lowest BCUT2D eigenvalue weighted by atomic mass is 10.1. The maximum Gasteiger partial charge on any atom is 0.254 e. The number of aliphatic hydroxyl groups excluding tert-OH is 1. The van der Waals surface area contributed by atoms with Gasteiger partial charge in [0.1, 0.15) is 24.2 Å². The second kappa shape index (κ2) is 9.87. The molecule has 0 bridgehead atoms. The molecule has 0 amide bonds. The maximum absolute atomic E-state index is 12.1. The van der Waals surface area contributed by atoms with Gasteiger partial charge in [-0.05, 0) is 38.7 Å². The average molecular weight is 402 g/mol. The van der Waals surface area contributed by atoms with Crippen molar-refractivity contribution in [3.8, 4) is 11.5 Å². The standard InChI is InChI=1S/C21H30N4O4/c1-24(2)12-16(26)13-29-20-5-4-17(28-3)10-15(20)11-25-8-6-18-19(7-9-25)22-14-23-21(18)27/h4-5,10,14,16,26H,6-9,11-13H2,1-3H3,(H,22,23,27)/t16-/m0/s1. The fraction of sp³-hybridized carbons (Fsp3) is 0.524. The first-order valence-corrected chi connectivity index (χ1v) is 9.86. The molecule has 29 heavy (non-hydrogen) atoms. The number of hydrogen-bond acceptors (Lipinski definition) is 7. The van der Waals surface area contributed by atoms with Gasteiger partial charge in [-0.3, -0.25) is 9.69 Å². The van der Waals surface area contributed by atoms with Gasteiger partial charge in [0.05, 0.1) is 19.1 Å². The molecule has 1 aliphatic heterocycles. The number of methoxy groups -OCH3 is 1. The van der Waals surface area contributed by atoms with Crippen molar-refractivity contribution in [2.45, 2.75) is 25.5 Å². The number of hydrogen-bond donors (Lipinski definition) is 2. The number of aliphatic hydroxyl groups is 1. The molecule has 1 aromatic carbocycles. The summed E-state index contributed by atoms with van der Waals surface area (Å²) in [7, 11) is 5.47. The van der Waals surface area contributed by atoms with Crippen molar-refractivity contribution in [2.24, 2.45) is 0 Å². The van der Waals surface area contributed by atoms with E-state index in [-0.39, 0.29) is 12.2 Å². The van der Waals surface area contributed by atoms with Gasteiger partial charge in [-0.1, -0.05) is 0 Å². The van der Waals surface area contributed by atoms with E-state index < -0.39 is 6.10 Å². The summed E-state index contributed by atoms with van der Waals surface area (Å²) in [6.07, 6.45) is 2.32. The van der Waals surface area contributed by atoms with Gasteiger partial charge >= 0.3 is 0 Å². The molecule has 2 heterocycles. The first-order valence-electron chi connectivity index (χ1n) is 9.86. The fourth-order valence-electron chi connectivity index (χ4n) is 3.59. The van der Waals surface area contributed by atoms with Crippen LogP contribution in [-0.4, -0.2) is 78.4 Å². The van der Waals surface area contributed by atoms with E-state index in [9.17, 15) is 9.90 Å².